The third-order valence-electron chi connectivity index (χ3n) is 9.59. The maximum absolute atomic E-state index is 4.08. The van der Waals surface area contributed by atoms with E-state index >= 15 is 0 Å². The van der Waals surface area contributed by atoms with Crippen LogP contribution in [0.1, 0.15) is 96.4 Å². The molecule has 0 amide bonds. The second-order valence-corrected chi connectivity index (χ2v) is 12.1. The molecule has 0 radical (unpaired) electrons. The van der Waals surface area contributed by atoms with Gasteiger partial charge in [-0.3, -0.25) is 0 Å². The number of nitrogens with one attached hydrogen (secondary N) is 1. The van der Waals surface area contributed by atoms with E-state index in [0.717, 1.165) is 12.5 Å². The summed E-state index contributed by atoms with van der Waals surface area (Å²) in [6, 6.07) is 8.66. The van der Waals surface area contributed by atoms with Crippen LogP contribution in [0.2, 0.25) is 0 Å². The van der Waals surface area contributed by atoms with Crippen LogP contribution < -0.4 is 0 Å². The van der Waals surface area contributed by atoms with Gasteiger partial charge in [0.2, 0.25) is 0 Å². The van der Waals surface area contributed by atoms with Crippen LogP contribution in [0.5, 0.6) is 0 Å². The van der Waals surface area contributed by atoms with Crippen LogP contribution in [0.4, 0.5) is 0 Å². The number of likely N-dealkylation sites (tertiary alicyclic amines) is 2. The first kappa shape index (κ1) is 27.9. The second-order valence-electron chi connectivity index (χ2n) is 12.1. The van der Waals surface area contributed by atoms with Crippen molar-refractivity contribution in [3.05, 3.63) is 64.9 Å². The van der Waals surface area contributed by atoms with E-state index in [0.29, 0.717) is 17.9 Å². The Morgan fingerprint density at radius 1 is 1.05 bits per heavy atom. The fourth-order valence-electron chi connectivity index (χ4n) is 6.42. The van der Waals surface area contributed by atoms with Crippen LogP contribution in [-0.4, -0.2) is 53.0 Å². The molecule has 3 heteroatoms. The molecule has 0 saturated carbocycles. The molecule has 37 heavy (non-hydrogen) atoms. The number of hydrogen-bond donors (Lipinski definition) is 1. The number of rotatable bonds is 8. The van der Waals surface area contributed by atoms with E-state index in [9.17, 15) is 0 Å². The number of aromatic nitrogens is 1. The Hall–Kier alpha value is -2.10. The zero-order chi connectivity index (χ0) is 26.7. The highest BCUT2D eigenvalue weighted by Crippen LogP contribution is 2.36. The normalized spacial score (nSPS) is 21.0. The number of benzene rings is 1. The van der Waals surface area contributed by atoms with Gasteiger partial charge in [-0.05, 0) is 134 Å². The summed E-state index contributed by atoms with van der Waals surface area (Å²) in [7, 11) is 0. The van der Waals surface area contributed by atoms with Crippen molar-refractivity contribution in [1.29, 1.82) is 0 Å². The van der Waals surface area contributed by atoms with Gasteiger partial charge in [0.25, 0.3) is 0 Å². The predicted octanol–water partition coefficient (Wildman–Crippen LogP) is 8.48. The molecule has 0 aliphatic carbocycles. The molecule has 4 rings (SSSR count). The summed E-state index contributed by atoms with van der Waals surface area (Å²) >= 11 is 0. The highest BCUT2D eigenvalue weighted by Gasteiger charge is 2.29. The predicted molar refractivity (Wildman–Crippen MR) is 162 cm³/mol. The minimum Gasteiger partial charge on any atom is -0.354 e. The molecule has 1 N–H and O–H groups in total. The van der Waals surface area contributed by atoms with Gasteiger partial charge in [-0.1, -0.05) is 44.2 Å². The molecule has 1 unspecified atom stereocenters. The van der Waals surface area contributed by atoms with Crippen molar-refractivity contribution in [2.24, 2.45) is 5.92 Å². The van der Waals surface area contributed by atoms with Crippen molar-refractivity contribution >= 4 is 16.5 Å². The van der Waals surface area contributed by atoms with Gasteiger partial charge < -0.3 is 14.8 Å². The fourth-order valence-corrected chi connectivity index (χ4v) is 6.42. The van der Waals surface area contributed by atoms with E-state index in [1.54, 1.807) is 0 Å². The Kier molecular flexibility index (Phi) is 9.19. The molecule has 2 aromatic rings. The van der Waals surface area contributed by atoms with Gasteiger partial charge in [-0.25, -0.2) is 0 Å². The summed E-state index contributed by atoms with van der Waals surface area (Å²) in [5, 5.41) is 1.37. The molecule has 2 saturated heterocycles. The summed E-state index contributed by atoms with van der Waals surface area (Å²) in [5.41, 5.74) is 9.30. The van der Waals surface area contributed by atoms with Gasteiger partial charge in [0, 0.05) is 34.3 Å². The van der Waals surface area contributed by atoms with Crippen LogP contribution in [0.3, 0.4) is 0 Å². The molecule has 1 aromatic carbocycles. The smallest absolute Gasteiger partial charge is 0.0497 e. The van der Waals surface area contributed by atoms with E-state index in [-0.39, 0.29) is 0 Å². The number of allylic oxidation sites excluding steroid dienone is 5. The lowest BCUT2D eigenvalue weighted by Crippen LogP contribution is -2.48. The number of hydrogen-bond acceptors (Lipinski definition) is 2. The van der Waals surface area contributed by atoms with Gasteiger partial charge >= 0.3 is 0 Å². The van der Waals surface area contributed by atoms with Crippen molar-refractivity contribution in [2.45, 2.75) is 98.6 Å². The van der Waals surface area contributed by atoms with Gasteiger partial charge in [0.1, 0.15) is 0 Å². The zero-order valence-electron chi connectivity index (χ0n) is 24.7. The zero-order valence-corrected chi connectivity index (χ0v) is 24.7. The van der Waals surface area contributed by atoms with E-state index in [2.05, 4.69) is 94.1 Å². The fraction of sp³-hybridized carbons (Fsp3) is 0.588. The summed E-state index contributed by atoms with van der Waals surface area (Å²) in [5.74, 6) is 1.25. The minimum atomic E-state index is 0.581. The van der Waals surface area contributed by atoms with Crippen LogP contribution in [0, 0.1) is 12.8 Å². The first-order valence-electron chi connectivity index (χ1n) is 14.9. The number of piperidine rings is 2. The van der Waals surface area contributed by atoms with E-state index in [1.165, 1.54) is 96.3 Å². The summed E-state index contributed by atoms with van der Waals surface area (Å²) in [4.78, 5) is 9.21. The topological polar surface area (TPSA) is 22.3 Å². The van der Waals surface area contributed by atoms with Crippen molar-refractivity contribution in [3.63, 3.8) is 0 Å². The first-order valence-corrected chi connectivity index (χ1v) is 14.9. The minimum absolute atomic E-state index is 0.581. The van der Waals surface area contributed by atoms with Gasteiger partial charge in [-0.2, -0.15) is 0 Å². The highest BCUT2D eigenvalue weighted by atomic mass is 15.2. The molecule has 1 atom stereocenters. The lowest BCUT2D eigenvalue weighted by molar-refractivity contribution is 0.0753. The first-order chi connectivity index (χ1) is 17.7. The van der Waals surface area contributed by atoms with Crippen molar-refractivity contribution < 1.29 is 0 Å². The molecule has 3 heterocycles. The molecular formula is C34H51N3. The molecule has 2 aliphatic heterocycles. The molecule has 202 valence electrons. The number of nitrogens with zero attached hydrogens (tertiary/aromatic N) is 2. The third kappa shape index (κ3) is 6.15. The largest absolute Gasteiger partial charge is 0.354 e. The SMILES string of the molecule is C=C/C(C)=C(\C=C(\C)C(C)CC)c1[nH]c2ccc(C3CCN(C4CCN(C(C)C)CC4)CC3)cc2c1C. The molecule has 1 aromatic heterocycles. The number of fused-ring (bicyclic) bond motifs is 1. The maximum Gasteiger partial charge on any atom is 0.0497 e. The molecule has 0 spiro atoms. The molecular weight excluding hydrogens is 450 g/mol. The number of aryl methyl sites for hydroxylation is 1. The lowest BCUT2D eigenvalue weighted by atomic mass is 9.87. The van der Waals surface area contributed by atoms with E-state index < -0.39 is 0 Å². The molecule has 0 bridgehead atoms. The Bertz CT molecular complexity index is 1130. The van der Waals surface area contributed by atoms with E-state index in [1.807, 2.05) is 6.08 Å². The standard InChI is InChI=1S/C34H51N3/c1-9-24(5)26(7)21-31(25(6)10-2)34-27(8)32-22-29(11-12-33(32)35-34)28-13-17-37(18-14-28)30-15-19-36(20-16-30)23(3)4/h10-12,21-24,28,30,35H,2,9,13-20H2,1,3-8H3/b26-21-,31-25+. The number of H-pyrrole nitrogens is 1. The van der Waals surface area contributed by atoms with Crippen LogP contribution in [-0.2, 0) is 0 Å². The second kappa shape index (κ2) is 12.2. The quantitative estimate of drug-likeness (QED) is 0.366. The van der Waals surface area contributed by atoms with Gasteiger partial charge in [0.05, 0.1) is 0 Å². The van der Waals surface area contributed by atoms with Crippen LogP contribution in [0.25, 0.3) is 16.5 Å². The Morgan fingerprint density at radius 2 is 1.73 bits per heavy atom. The highest BCUT2D eigenvalue weighted by molar-refractivity contribution is 5.92. The van der Waals surface area contributed by atoms with Crippen molar-refractivity contribution in [2.75, 3.05) is 26.2 Å². The average Bonchev–Trinajstić information content (AvgIpc) is 3.25. The Balaban J connectivity index is 1.51. The lowest BCUT2D eigenvalue weighted by Gasteiger charge is -2.42. The van der Waals surface area contributed by atoms with Gasteiger partial charge in [0.15, 0.2) is 0 Å². The van der Waals surface area contributed by atoms with Crippen molar-refractivity contribution in [3.8, 4) is 0 Å². The maximum atomic E-state index is 4.08. The number of aromatic amines is 1. The summed E-state index contributed by atoms with van der Waals surface area (Å²) in [6.45, 7) is 25.1. The van der Waals surface area contributed by atoms with Crippen LogP contribution >= 0.6 is 0 Å². The Morgan fingerprint density at radius 3 is 2.32 bits per heavy atom. The van der Waals surface area contributed by atoms with Gasteiger partial charge in [-0.15, -0.1) is 0 Å². The molecule has 2 aliphatic rings. The monoisotopic (exact) mass is 501 g/mol. The summed E-state index contributed by atoms with van der Waals surface area (Å²) in [6.07, 6.45) is 10.8. The Labute approximate surface area is 226 Å². The third-order valence-corrected chi connectivity index (χ3v) is 9.59. The molecule has 3 nitrogen and oxygen atoms in total. The summed E-state index contributed by atoms with van der Waals surface area (Å²) < 4.78 is 0. The van der Waals surface area contributed by atoms with E-state index in [4.69, 9.17) is 0 Å². The van der Waals surface area contributed by atoms with Crippen LogP contribution in [0.15, 0.2) is 48.1 Å². The average molecular weight is 502 g/mol. The van der Waals surface area contributed by atoms with Crippen molar-refractivity contribution in [1.82, 2.24) is 14.8 Å². The molecule has 2 fully saturated rings.